The number of nitrogens with one attached hydrogen (secondary N) is 1. The summed E-state index contributed by atoms with van der Waals surface area (Å²) in [4.78, 5) is 18.0. The summed E-state index contributed by atoms with van der Waals surface area (Å²) in [5.74, 6) is 0.772. The van der Waals surface area contributed by atoms with Gasteiger partial charge in [0.05, 0.1) is 25.3 Å². The summed E-state index contributed by atoms with van der Waals surface area (Å²) >= 11 is 0. The number of ether oxygens (including phenoxy) is 1. The summed E-state index contributed by atoms with van der Waals surface area (Å²) in [6.07, 6.45) is 3.39. The van der Waals surface area contributed by atoms with Crippen LogP contribution in [0.1, 0.15) is 18.5 Å². The molecule has 2 rings (SSSR count). The Balaban J connectivity index is 0.00000242. The minimum Gasteiger partial charge on any atom is -0.469 e. The molecule has 0 unspecified atom stereocenters. The summed E-state index contributed by atoms with van der Waals surface area (Å²) in [6, 6.07) is 1.98. The van der Waals surface area contributed by atoms with Crippen LogP contribution in [0, 0.1) is 5.92 Å². The second kappa shape index (κ2) is 8.96. The molecule has 0 saturated carbocycles. The number of guanidine groups is 1. The number of likely N-dealkylation sites (tertiary alicyclic amines) is 1. The SMILES string of the molecule is CN=C(NCc1ccnn1C)N1CCC(C(=O)OC)CC1.I. The number of methoxy groups -OCH3 is 1. The number of hydrogen-bond donors (Lipinski definition) is 1. The van der Waals surface area contributed by atoms with E-state index in [0.29, 0.717) is 6.54 Å². The van der Waals surface area contributed by atoms with Gasteiger partial charge in [0.25, 0.3) is 0 Å². The number of carbonyl (C=O) groups is 1. The molecule has 1 saturated heterocycles. The zero-order valence-corrected chi connectivity index (χ0v) is 15.6. The minimum atomic E-state index is -0.104. The van der Waals surface area contributed by atoms with Crippen molar-refractivity contribution in [3.05, 3.63) is 18.0 Å². The van der Waals surface area contributed by atoms with Gasteiger partial charge in [-0.15, -0.1) is 24.0 Å². The third-order valence-corrected chi connectivity index (χ3v) is 3.89. The Labute approximate surface area is 148 Å². The van der Waals surface area contributed by atoms with Gasteiger partial charge in [-0.05, 0) is 18.9 Å². The van der Waals surface area contributed by atoms with Crippen LogP contribution < -0.4 is 5.32 Å². The topological polar surface area (TPSA) is 71.8 Å². The average Bonchev–Trinajstić information content (AvgIpc) is 2.93. The zero-order chi connectivity index (χ0) is 15.2. The van der Waals surface area contributed by atoms with Crippen molar-refractivity contribution in [2.24, 2.45) is 18.0 Å². The average molecular weight is 421 g/mol. The standard InChI is InChI=1S/C14H23N5O2.HI/c1-15-14(16-10-12-4-7-17-18(12)2)19-8-5-11(6-9-19)13(20)21-3;/h4,7,11H,5-6,8-10H2,1-3H3,(H,15,16);1H. The Morgan fingerprint density at radius 1 is 1.50 bits per heavy atom. The minimum absolute atomic E-state index is 0. The highest BCUT2D eigenvalue weighted by atomic mass is 127. The number of aromatic nitrogens is 2. The molecule has 0 aromatic carbocycles. The largest absolute Gasteiger partial charge is 0.469 e. The molecule has 0 radical (unpaired) electrons. The molecule has 7 nitrogen and oxygen atoms in total. The molecule has 0 bridgehead atoms. The van der Waals surface area contributed by atoms with E-state index in [1.165, 1.54) is 7.11 Å². The summed E-state index contributed by atoms with van der Waals surface area (Å²) < 4.78 is 6.65. The van der Waals surface area contributed by atoms with Crippen molar-refractivity contribution in [2.45, 2.75) is 19.4 Å². The van der Waals surface area contributed by atoms with Gasteiger partial charge >= 0.3 is 5.97 Å². The van der Waals surface area contributed by atoms with Crippen LogP contribution in [0.3, 0.4) is 0 Å². The predicted octanol–water partition coefficient (Wildman–Crippen LogP) is 0.998. The number of hydrogen-bond acceptors (Lipinski definition) is 4. The van der Waals surface area contributed by atoms with E-state index in [1.807, 2.05) is 17.8 Å². The second-order valence-electron chi connectivity index (χ2n) is 5.13. The second-order valence-corrected chi connectivity index (χ2v) is 5.13. The Morgan fingerprint density at radius 2 is 2.18 bits per heavy atom. The molecule has 0 aliphatic carbocycles. The fourth-order valence-electron chi connectivity index (χ4n) is 2.57. The first-order chi connectivity index (χ1) is 10.2. The lowest BCUT2D eigenvalue weighted by molar-refractivity contribution is -0.146. The number of rotatable bonds is 3. The Kier molecular flexibility index (Phi) is 7.63. The highest BCUT2D eigenvalue weighted by Gasteiger charge is 2.26. The van der Waals surface area contributed by atoms with Gasteiger partial charge in [0, 0.05) is 33.4 Å². The molecule has 1 N–H and O–H groups in total. The van der Waals surface area contributed by atoms with E-state index >= 15 is 0 Å². The van der Waals surface area contributed by atoms with Crippen LogP contribution in [0.5, 0.6) is 0 Å². The van der Waals surface area contributed by atoms with Crippen molar-refractivity contribution in [3.63, 3.8) is 0 Å². The lowest BCUT2D eigenvalue weighted by Crippen LogP contribution is -2.46. The van der Waals surface area contributed by atoms with Crippen LogP contribution in [-0.2, 0) is 23.1 Å². The zero-order valence-electron chi connectivity index (χ0n) is 13.3. The fourth-order valence-corrected chi connectivity index (χ4v) is 2.57. The summed E-state index contributed by atoms with van der Waals surface area (Å²) in [7, 11) is 5.14. The monoisotopic (exact) mass is 421 g/mol. The molecular weight excluding hydrogens is 397 g/mol. The number of nitrogens with zero attached hydrogens (tertiary/aromatic N) is 4. The van der Waals surface area contributed by atoms with Crippen molar-refractivity contribution in [2.75, 3.05) is 27.2 Å². The molecule has 2 heterocycles. The third-order valence-electron chi connectivity index (χ3n) is 3.89. The van der Waals surface area contributed by atoms with Crippen LogP contribution >= 0.6 is 24.0 Å². The number of aliphatic imine (C=N–C) groups is 1. The van der Waals surface area contributed by atoms with E-state index in [9.17, 15) is 4.79 Å². The Hall–Kier alpha value is -1.32. The number of halogens is 1. The molecule has 22 heavy (non-hydrogen) atoms. The van der Waals surface area contributed by atoms with Crippen molar-refractivity contribution in [1.29, 1.82) is 0 Å². The highest BCUT2D eigenvalue weighted by Crippen LogP contribution is 2.18. The number of aryl methyl sites for hydroxylation is 1. The number of piperidine rings is 1. The summed E-state index contributed by atoms with van der Waals surface area (Å²) in [6.45, 7) is 2.30. The van der Waals surface area contributed by atoms with Gasteiger partial charge in [-0.1, -0.05) is 0 Å². The lowest BCUT2D eigenvalue weighted by Gasteiger charge is -2.33. The van der Waals surface area contributed by atoms with Crippen LogP contribution in [0.15, 0.2) is 17.3 Å². The van der Waals surface area contributed by atoms with Crippen LogP contribution in [0.4, 0.5) is 0 Å². The first-order valence-electron chi connectivity index (χ1n) is 7.16. The molecule has 1 aliphatic heterocycles. The lowest BCUT2D eigenvalue weighted by atomic mass is 9.97. The number of carbonyl (C=O) groups excluding carboxylic acids is 1. The predicted molar refractivity (Wildman–Crippen MR) is 95.1 cm³/mol. The Bertz CT molecular complexity index is 509. The van der Waals surface area contributed by atoms with Gasteiger partial charge in [0.1, 0.15) is 0 Å². The van der Waals surface area contributed by atoms with E-state index in [1.54, 1.807) is 13.2 Å². The maximum Gasteiger partial charge on any atom is 0.308 e. The van der Waals surface area contributed by atoms with Crippen LogP contribution in [0.25, 0.3) is 0 Å². The van der Waals surface area contributed by atoms with Gasteiger partial charge in [0.2, 0.25) is 0 Å². The number of esters is 1. The van der Waals surface area contributed by atoms with Crippen molar-refractivity contribution in [3.8, 4) is 0 Å². The molecule has 0 amide bonds. The molecule has 8 heteroatoms. The van der Waals surface area contributed by atoms with Crippen LogP contribution in [-0.4, -0.2) is 53.9 Å². The molecule has 124 valence electrons. The smallest absolute Gasteiger partial charge is 0.308 e. The molecule has 1 fully saturated rings. The van der Waals surface area contributed by atoms with Crippen LogP contribution in [0.2, 0.25) is 0 Å². The molecule has 0 atom stereocenters. The van der Waals surface area contributed by atoms with E-state index < -0.39 is 0 Å². The van der Waals surface area contributed by atoms with Gasteiger partial charge in [-0.3, -0.25) is 14.5 Å². The van der Waals surface area contributed by atoms with E-state index in [2.05, 4.69) is 20.3 Å². The molecular formula is C14H24IN5O2. The van der Waals surface area contributed by atoms with E-state index in [-0.39, 0.29) is 35.9 Å². The molecule has 1 aliphatic rings. The van der Waals surface area contributed by atoms with E-state index in [0.717, 1.165) is 37.6 Å². The first-order valence-corrected chi connectivity index (χ1v) is 7.16. The molecule has 1 aromatic heterocycles. The van der Waals surface area contributed by atoms with Gasteiger partial charge < -0.3 is 15.0 Å². The van der Waals surface area contributed by atoms with Gasteiger partial charge in [0.15, 0.2) is 5.96 Å². The Morgan fingerprint density at radius 3 is 2.68 bits per heavy atom. The fraction of sp³-hybridized carbons (Fsp3) is 0.643. The van der Waals surface area contributed by atoms with E-state index in [4.69, 9.17) is 4.74 Å². The van der Waals surface area contributed by atoms with Crippen molar-refractivity contribution < 1.29 is 9.53 Å². The molecule has 0 spiro atoms. The summed E-state index contributed by atoms with van der Waals surface area (Å²) in [5, 5.41) is 7.48. The van der Waals surface area contributed by atoms with Crippen molar-refractivity contribution >= 4 is 35.9 Å². The van der Waals surface area contributed by atoms with Gasteiger partial charge in [-0.25, -0.2) is 0 Å². The maximum atomic E-state index is 11.5. The maximum absolute atomic E-state index is 11.5. The third kappa shape index (κ3) is 4.59. The normalized spacial score (nSPS) is 16.1. The molecule has 1 aromatic rings. The first kappa shape index (κ1) is 18.7. The van der Waals surface area contributed by atoms with Crippen molar-refractivity contribution in [1.82, 2.24) is 20.0 Å². The van der Waals surface area contributed by atoms with Gasteiger partial charge in [-0.2, -0.15) is 5.10 Å². The summed E-state index contributed by atoms with van der Waals surface area (Å²) in [5.41, 5.74) is 1.10. The highest BCUT2D eigenvalue weighted by molar-refractivity contribution is 14.0. The quantitative estimate of drug-likeness (QED) is 0.341.